The maximum Gasteiger partial charge on any atom is 0.257 e. The van der Waals surface area contributed by atoms with E-state index in [0.29, 0.717) is 28.8 Å². The smallest absolute Gasteiger partial charge is 0.257 e. The van der Waals surface area contributed by atoms with Crippen LogP contribution < -0.4 is 4.74 Å². The van der Waals surface area contributed by atoms with Crippen molar-refractivity contribution in [1.29, 1.82) is 0 Å². The van der Waals surface area contributed by atoms with Gasteiger partial charge in [-0.25, -0.2) is 4.98 Å². The van der Waals surface area contributed by atoms with Crippen molar-refractivity contribution >= 4 is 17.5 Å². The van der Waals surface area contributed by atoms with Crippen LogP contribution in [0.5, 0.6) is 11.6 Å². The first-order valence-corrected chi connectivity index (χ1v) is 9.50. The van der Waals surface area contributed by atoms with Crippen LogP contribution in [0.1, 0.15) is 34.8 Å². The molecule has 0 spiro atoms. The lowest BCUT2D eigenvalue weighted by Crippen LogP contribution is -2.39. The molecule has 0 bridgehead atoms. The van der Waals surface area contributed by atoms with Gasteiger partial charge in [0.25, 0.3) is 5.91 Å². The molecule has 0 N–H and O–H groups in total. The molecule has 3 heterocycles. The number of halogens is 1. The van der Waals surface area contributed by atoms with Crippen LogP contribution in [-0.2, 0) is 7.05 Å². The van der Waals surface area contributed by atoms with E-state index in [1.54, 1.807) is 60.8 Å². The summed E-state index contributed by atoms with van der Waals surface area (Å²) in [5.74, 6) is 1.16. The Hall–Kier alpha value is -2.93. The molecule has 1 aromatic carbocycles. The number of carbonyl (C=O) groups is 1. The predicted molar refractivity (Wildman–Crippen MR) is 105 cm³/mol. The Balaban J connectivity index is 1.53. The minimum atomic E-state index is -0.0122. The SMILES string of the molecule is Cn1cc(C(=O)N2CCCC(c3nccnc3Oc3ccc(Cl)cc3)C2)cn1. The number of nitrogens with zero attached hydrogens (tertiary/aromatic N) is 5. The monoisotopic (exact) mass is 397 g/mol. The summed E-state index contributed by atoms with van der Waals surface area (Å²) in [5, 5.41) is 4.74. The van der Waals surface area contributed by atoms with E-state index in [-0.39, 0.29) is 11.8 Å². The van der Waals surface area contributed by atoms with Gasteiger partial charge in [-0.2, -0.15) is 5.10 Å². The fourth-order valence-electron chi connectivity index (χ4n) is 3.41. The molecule has 1 saturated heterocycles. The Morgan fingerprint density at radius 1 is 1.21 bits per heavy atom. The van der Waals surface area contributed by atoms with Crippen molar-refractivity contribution in [3.8, 4) is 11.6 Å². The van der Waals surface area contributed by atoms with Crippen LogP contribution in [0.4, 0.5) is 0 Å². The van der Waals surface area contributed by atoms with Gasteiger partial charge < -0.3 is 9.64 Å². The molecule has 0 aliphatic carbocycles. The molecule has 1 fully saturated rings. The number of hydrogen-bond donors (Lipinski definition) is 0. The van der Waals surface area contributed by atoms with E-state index in [2.05, 4.69) is 15.1 Å². The van der Waals surface area contributed by atoms with Gasteiger partial charge in [0.05, 0.1) is 11.8 Å². The molecule has 1 aliphatic heterocycles. The second-order valence-electron chi connectivity index (χ2n) is 6.80. The van der Waals surface area contributed by atoms with E-state index in [9.17, 15) is 4.79 Å². The molecule has 3 aromatic rings. The van der Waals surface area contributed by atoms with Crippen LogP contribution in [0.3, 0.4) is 0 Å². The fourth-order valence-corrected chi connectivity index (χ4v) is 3.53. The van der Waals surface area contributed by atoms with Gasteiger partial charge in [0, 0.05) is 49.7 Å². The number of benzene rings is 1. The van der Waals surface area contributed by atoms with Gasteiger partial charge in [0.1, 0.15) is 11.4 Å². The third-order valence-electron chi connectivity index (χ3n) is 4.77. The molecule has 1 unspecified atom stereocenters. The molecule has 144 valence electrons. The minimum Gasteiger partial charge on any atom is -0.437 e. The Bertz CT molecular complexity index is 973. The van der Waals surface area contributed by atoms with Crippen LogP contribution >= 0.6 is 11.6 Å². The molecular formula is C20H20ClN5O2. The molecule has 2 aromatic heterocycles. The fraction of sp³-hybridized carbons (Fsp3) is 0.300. The van der Waals surface area contributed by atoms with Crippen molar-refractivity contribution < 1.29 is 9.53 Å². The zero-order chi connectivity index (χ0) is 19.5. The first-order chi connectivity index (χ1) is 13.6. The summed E-state index contributed by atoms with van der Waals surface area (Å²) in [7, 11) is 1.80. The van der Waals surface area contributed by atoms with Gasteiger partial charge in [0.2, 0.25) is 5.88 Å². The van der Waals surface area contributed by atoms with Crippen LogP contribution in [0.2, 0.25) is 5.02 Å². The molecule has 1 amide bonds. The van der Waals surface area contributed by atoms with Gasteiger partial charge in [-0.1, -0.05) is 11.6 Å². The second kappa shape index (κ2) is 7.98. The predicted octanol–water partition coefficient (Wildman–Crippen LogP) is 3.68. The second-order valence-corrected chi connectivity index (χ2v) is 7.23. The van der Waals surface area contributed by atoms with Crippen molar-refractivity contribution in [3.63, 3.8) is 0 Å². The Kier molecular flexibility index (Phi) is 5.25. The van der Waals surface area contributed by atoms with Gasteiger partial charge in [-0.3, -0.25) is 14.5 Å². The third-order valence-corrected chi connectivity index (χ3v) is 5.02. The van der Waals surface area contributed by atoms with Crippen molar-refractivity contribution in [1.82, 2.24) is 24.6 Å². The number of aryl methyl sites for hydroxylation is 1. The van der Waals surface area contributed by atoms with Crippen molar-refractivity contribution in [2.75, 3.05) is 13.1 Å². The average molecular weight is 398 g/mol. The van der Waals surface area contributed by atoms with E-state index >= 15 is 0 Å². The molecule has 1 atom stereocenters. The summed E-state index contributed by atoms with van der Waals surface area (Å²) in [4.78, 5) is 23.5. The summed E-state index contributed by atoms with van der Waals surface area (Å²) < 4.78 is 7.59. The highest BCUT2D eigenvalue weighted by atomic mass is 35.5. The highest BCUT2D eigenvalue weighted by Gasteiger charge is 2.29. The molecule has 8 heteroatoms. The number of carbonyl (C=O) groups excluding carboxylic acids is 1. The number of hydrogen-bond acceptors (Lipinski definition) is 5. The Morgan fingerprint density at radius 2 is 2.00 bits per heavy atom. The van der Waals surface area contributed by atoms with Gasteiger partial charge in [-0.15, -0.1) is 0 Å². The summed E-state index contributed by atoms with van der Waals surface area (Å²) in [6.45, 7) is 1.29. The van der Waals surface area contributed by atoms with Crippen LogP contribution in [0.25, 0.3) is 0 Å². The molecule has 1 aliphatic rings. The Labute approximate surface area is 167 Å². The largest absolute Gasteiger partial charge is 0.437 e. The summed E-state index contributed by atoms with van der Waals surface area (Å²) in [6.07, 6.45) is 8.43. The molecule has 28 heavy (non-hydrogen) atoms. The van der Waals surface area contributed by atoms with E-state index in [4.69, 9.17) is 16.3 Å². The van der Waals surface area contributed by atoms with Gasteiger partial charge in [0.15, 0.2) is 0 Å². The van der Waals surface area contributed by atoms with Crippen molar-refractivity contribution in [3.05, 3.63) is 65.3 Å². The maximum absolute atomic E-state index is 12.8. The van der Waals surface area contributed by atoms with E-state index in [0.717, 1.165) is 25.1 Å². The zero-order valence-electron chi connectivity index (χ0n) is 15.5. The summed E-state index contributed by atoms with van der Waals surface area (Å²) in [6, 6.07) is 7.11. The lowest BCUT2D eigenvalue weighted by molar-refractivity contribution is 0.0704. The number of ether oxygens (including phenoxy) is 1. The van der Waals surface area contributed by atoms with E-state index in [1.165, 1.54) is 0 Å². The number of rotatable bonds is 4. The topological polar surface area (TPSA) is 73.1 Å². The van der Waals surface area contributed by atoms with Crippen molar-refractivity contribution in [2.45, 2.75) is 18.8 Å². The van der Waals surface area contributed by atoms with E-state index in [1.807, 2.05) is 4.90 Å². The minimum absolute atomic E-state index is 0.0122. The molecule has 0 saturated carbocycles. The molecule has 7 nitrogen and oxygen atoms in total. The molecular weight excluding hydrogens is 378 g/mol. The number of amides is 1. The number of likely N-dealkylation sites (tertiary alicyclic amines) is 1. The lowest BCUT2D eigenvalue weighted by atomic mass is 9.94. The summed E-state index contributed by atoms with van der Waals surface area (Å²) in [5.41, 5.74) is 1.36. The summed E-state index contributed by atoms with van der Waals surface area (Å²) >= 11 is 5.94. The number of piperidine rings is 1. The number of aromatic nitrogens is 4. The third kappa shape index (κ3) is 3.99. The standard InChI is InChI=1S/C20H20ClN5O2/c1-25-12-15(11-24-25)20(27)26-10-2-3-14(13-26)18-19(23-9-8-22-18)28-17-6-4-16(21)5-7-17/h4-9,11-12,14H,2-3,10,13H2,1H3. The molecule has 0 radical (unpaired) electrons. The average Bonchev–Trinajstić information content (AvgIpc) is 3.16. The highest BCUT2D eigenvalue weighted by molar-refractivity contribution is 6.30. The first-order valence-electron chi connectivity index (χ1n) is 9.12. The van der Waals surface area contributed by atoms with Crippen LogP contribution in [0.15, 0.2) is 49.1 Å². The lowest BCUT2D eigenvalue weighted by Gasteiger charge is -2.32. The maximum atomic E-state index is 12.8. The van der Waals surface area contributed by atoms with Gasteiger partial charge >= 0.3 is 0 Å². The van der Waals surface area contributed by atoms with Crippen LogP contribution in [-0.4, -0.2) is 43.6 Å². The van der Waals surface area contributed by atoms with E-state index < -0.39 is 0 Å². The normalized spacial score (nSPS) is 16.8. The van der Waals surface area contributed by atoms with Crippen molar-refractivity contribution in [2.24, 2.45) is 7.05 Å². The Morgan fingerprint density at radius 3 is 2.75 bits per heavy atom. The zero-order valence-corrected chi connectivity index (χ0v) is 16.2. The molecule has 4 rings (SSSR count). The first kappa shape index (κ1) is 18.4. The van der Waals surface area contributed by atoms with Crippen LogP contribution in [0, 0.1) is 0 Å². The highest BCUT2D eigenvalue weighted by Crippen LogP contribution is 2.33. The quantitative estimate of drug-likeness (QED) is 0.671. The van der Waals surface area contributed by atoms with Gasteiger partial charge in [-0.05, 0) is 37.1 Å².